The summed E-state index contributed by atoms with van der Waals surface area (Å²) in [6.07, 6.45) is 3.16. The molecule has 0 aliphatic rings. The Bertz CT molecular complexity index is 1270. The average molecular weight is 390 g/mol. The molecule has 0 fully saturated rings. The van der Waals surface area contributed by atoms with Crippen LogP contribution in [0.2, 0.25) is 0 Å². The monoisotopic (exact) mass is 390 g/mol. The maximum atomic E-state index is 13.3. The maximum Gasteiger partial charge on any atom is 0.375 e. The van der Waals surface area contributed by atoms with Crippen LogP contribution in [0, 0.1) is 6.92 Å². The fourth-order valence-electron chi connectivity index (χ4n) is 3.27. The number of ether oxygens (including phenoxy) is 1. The van der Waals surface area contributed by atoms with E-state index in [0.717, 1.165) is 5.69 Å². The molecule has 0 aliphatic carbocycles. The molecule has 0 atom stereocenters. The smallest absolute Gasteiger partial charge is 0.375 e. The Morgan fingerprint density at radius 1 is 1.24 bits per heavy atom. The van der Waals surface area contributed by atoms with Crippen molar-refractivity contribution in [2.75, 3.05) is 6.61 Å². The van der Waals surface area contributed by atoms with Gasteiger partial charge >= 0.3 is 5.97 Å². The molecular formula is C22H18N2O5. The first kappa shape index (κ1) is 18.5. The molecule has 2 heterocycles. The summed E-state index contributed by atoms with van der Waals surface area (Å²) in [6, 6.07) is 12.2. The number of phenols is 1. The number of para-hydroxylation sites is 1. The van der Waals surface area contributed by atoms with Crippen molar-refractivity contribution < 1.29 is 19.1 Å². The third kappa shape index (κ3) is 3.27. The summed E-state index contributed by atoms with van der Waals surface area (Å²) >= 11 is 0. The molecule has 4 rings (SSSR count). The lowest BCUT2D eigenvalue weighted by Crippen LogP contribution is -2.15. The second-order valence-corrected chi connectivity index (χ2v) is 6.50. The van der Waals surface area contributed by atoms with Gasteiger partial charge in [-0.2, -0.15) is 5.10 Å². The first-order valence-corrected chi connectivity index (χ1v) is 9.07. The highest BCUT2D eigenvalue weighted by molar-refractivity contribution is 5.98. The minimum absolute atomic E-state index is 0.0578. The number of fused-ring (bicyclic) bond motifs is 1. The topological polar surface area (TPSA) is 94.6 Å². The first-order chi connectivity index (χ1) is 14.0. The van der Waals surface area contributed by atoms with E-state index in [1.165, 1.54) is 18.3 Å². The molecule has 0 amide bonds. The van der Waals surface area contributed by atoms with Crippen molar-refractivity contribution in [1.29, 1.82) is 0 Å². The number of carbonyl (C=O) groups is 1. The number of hydrogen-bond donors (Lipinski definition) is 1. The van der Waals surface area contributed by atoms with Crippen molar-refractivity contribution in [2.24, 2.45) is 0 Å². The average Bonchev–Trinajstić information content (AvgIpc) is 3.17. The minimum atomic E-state index is -0.755. The summed E-state index contributed by atoms with van der Waals surface area (Å²) in [5.74, 6) is -1.03. The Hall–Kier alpha value is -3.87. The Balaban J connectivity index is 1.99. The third-order valence-corrected chi connectivity index (χ3v) is 4.53. The molecule has 146 valence electrons. The molecule has 7 heteroatoms. The van der Waals surface area contributed by atoms with Gasteiger partial charge in [-0.3, -0.25) is 4.79 Å². The Kier molecular flexibility index (Phi) is 4.64. The van der Waals surface area contributed by atoms with E-state index in [9.17, 15) is 14.7 Å². The fourth-order valence-corrected chi connectivity index (χ4v) is 3.27. The van der Waals surface area contributed by atoms with Gasteiger partial charge in [0, 0.05) is 17.8 Å². The molecule has 0 spiro atoms. The predicted octanol–water partition coefficient (Wildman–Crippen LogP) is 3.84. The SMILES string of the molecule is CCOC(=O)c1oc2cc(O)cc(C)c2c(=O)c1-c1cnn(-c2ccccc2)c1. The van der Waals surface area contributed by atoms with E-state index >= 15 is 0 Å². The van der Waals surface area contributed by atoms with Crippen LogP contribution in [0.1, 0.15) is 23.0 Å². The summed E-state index contributed by atoms with van der Waals surface area (Å²) in [5, 5.41) is 14.5. The predicted molar refractivity (Wildman–Crippen MR) is 107 cm³/mol. The molecule has 0 aliphatic heterocycles. The van der Waals surface area contributed by atoms with E-state index in [2.05, 4.69) is 5.10 Å². The van der Waals surface area contributed by atoms with E-state index in [4.69, 9.17) is 9.15 Å². The maximum absolute atomic E-state index is 13.3. The minimum Gasteiger partial charge on any atom is -0.508 e. The van der Waals surface area contributed by atoms with Crippen LogP contribution in [0.15, 0.2) is 64.1 Å². The van der Waals surface area contributed by atoms with Crippen LogP contribution >= 0.6 is 0 Å². The lowest BCUT2D eigenvalue weighted by molar-refractivity contribution is 0.0492. The van der Waals surface area contributed by atoms with Crippen molar-refractivity contribution in [3.05, 3.63) is 76.4 Å². The van der Waals surface area contributed by atoms with Crippen LogP contribution in [0.3, 0.4) is 0 Å². The lowest BCUT2D eigenvalue weighted by atomic mass is 10.0. The largest absolute Gasteiger partial charge is 0.508 e. The molecule has 2 aromatic carbocycles. The fraction of sp³-hybridized carbons (Fsp3) is 0.136. The number of rotatable bonds is 4. The first-order valence-electron chi connectivity index (χ1n) is 9.07. The molecule has 0 saturated heterocycles. The lowest BCUT2D eigenvalue weighted by Gasteiger charge is -2.10. The number of benzene rings is 2. The highest BCUT2D eigenvalue weighted by Crippen LogP contribution is 2.29. The molecule has 29 heavy (non-hydrogen) atoms. The number of esters is 1. The zero-order valence-electron chi connectivity index (χ0n) is 15.9. The molecule has 0 bridgehead atoms. The summed E-state index contributed by atoms with van der Waals surface area (Å²) in [5.41, 5.74) is 1.59. The van der Waals surface area contributed by atoms with Crippen molar-refractivity contribution >= 4 is 16.9 Å². The molecule has 0 unspecified atom stereocenters. The third-order valence-electron chi connectivity index (χ3n) is 4.53. The second kappa shape index (κ2) is 7.27. The molecule has 0 radical (unpaired) electrons. The standard InChI is InChI=1S/C22H18N2O5/c1-3-28-22(27)21-19(14-11-23-24(12-14)15-7-5-4-6-8-15)20(26)18-13(2)9-16(25)10-17(18)29-21/h4-12,25H,3H2,1-2H3. The van der Waals surface area contributed by atoms with Gasteiger partial charge < -0.3 is 14.3 Å². The Morgan fingerprint density at radius 2 is 2.00 bits per heavy atom. The number of nitrogens with zero attached hydrogens (tertiary/aromatic N) is 2. The van der Waals surface area contributed by atoms with E-state index in [0.29, 0.717) is 16.5 Å². The zero-order chi connectivity index (χ0) is 20.5. The van der Waals surface area contributed by atoms with E-state index in [-0.39, 0.29) is 34.7 Å². The number of aryl methyl sites for hydroxylation is 1. The van der Waals surface area contributed by atoms with E-state index < -0.39 is 5.97 Å². The van der Waals surface area contributed by atoms with Crippen molar-refractivity contribution in [2.45, 2.75) is 13.8 Å². The van der Waals surface area contributed by atoms with Crippen LogP contribution in [0.5, 0.6) is 5.75 Å². The Labute approximate surface area is 165 Å². The van der Waals surface area contributed by atoms with Crippen LogP contribution < -0.4 is 5.43 Å². The summed E-state index contributed by atoms with van der Waals surface area (Å²) in [6.45, 7) is 3.49. The molecule has 2 aromatic heterocycles. The zero-order valence-corrected chi connectivity index (χ0v) is 15.9. The van der Waals surface area contributed by atoms with Gasteiger partial charge in [0.1, 0.15) is 11.3 Å². The van der Waals surface area contributed by atoms with Gasteiger partial charge in [-0.1, -0.05) is 18.2 Å². The van der Waals surface area contributed by atoms with Gasteiger partial charge in [0.25, 0.3) is 0 Å². The molecule has 0 saturated carbocycles. The van der Waals surface area contributed by atoms with E-state index in [1.54, 1.807) is 24.7 Å². The van der Waals surface area contributed by atoms with Crippen molar-refractivity contribution in [3.8, 4) is 22.6 Å². The van der Waals surface area contributed by atoms with Crippen LogP contribution in [-0.2, 0) is 4.74 Å². The molecule has 7 nitrogen and oxygen atoms in total. The van der Waals surface area contributed by atoms with Gasteiger partial charge in [-0.25, -0.2) is 9.48 Å². The number of hydrogen-bond acceptors (Lipinski definition) is 6. The highest BCUT2D eigenvalue weighted by atomic mass is 16.5. The summed E-state index contributed by atoms with van der Waals surface area (Å²) in [7, 11) is 0. The summed E-state index contributed by atoms with van der Waals surface area (Å²) in [4.78, 5) is 25.9. The van der Waals surface area contributed by atoms with Crippen molar-refractivity contribution in [3.63, 3.8) is 0 Å². The molecular weight excluding hydrogens is 372 g/mol. The van der Waals surface area contributed by atoms with Gasteiger partial charge in [0.05, 0.1) is 29.4 Å². The van der Waals surface area contributed by atoms with Crippen molar-refractivity contribution in [1.82, 2.24) is 9.78 Å². The van der Waals surface area contributed by atoms with Crippen LogP contribution in [0.25, 0.3) is 27.8 Å². The Morgan fingerprint density at radius 3 is 2.72 bits per heavy atom. The molecule has 1 N–H and O–H groups in total. The normalized spacial score (nSPS) is 11.0. The number of phenolic OH excluding ortho intramolecular Hbond substituents is 1. The summed E-state index contributed by atoms with van der Waals surface area (Å²) < 4.78 is 12.4. The quantitative estimate of drug-likeness (QED) is 0.532. The van der Waals surface area contributed by atoms with Gasteiger partial charge in [-0.05, 0) is 37.6 Å². The van der Waals surface area contributed by atoms with Gasteiger partial charge in [0.2, 0.25) is 11.2 Å². The molecule has 4 aromatic rings. The van der Waals surface area contributed by atoms with E-state index in [1.807, 2.05) is 30.3 Å². The van der Waals surface area contributed by atoms with Crippen LogP contribution in [0.4, 0.5) is 0 Å². The number of carbonyl (C=O) groups excluding carboxylic acids is 1. The number of aromatic nitrogens is 2. The second-order valence-electron chi connectivity index (χ2n) is 6.50. The van der Waals surface area contributed by atoms with Gasteiger partial charge in [-0.15, -0.1) is 0 Å². The van der Waals surface area contributed by atoms with Gasteiger partial charge in [0.15, 0.2) is 0 Å². The van der Waals surface area contributed by atoms with Crippen LogP contribution in [-0.4, -0.2) is 27.5 Å². The highest BCUT2D eigenvalue weighted by Gasteiger charge is 2.25. The number of aromatic hydroxyl groups is 1.